The molecule has 1 N–H and O–H groups in total. The monoisotopic (exact) mass is 307 g/mol. The van der Waals surface area contributed by atoms with E-state index in [4.69, 9.17) is 0 Å². The summed E-state index contributed by atoms with van der Waals surface area (Å²) in [5, 5.41) is 3.87. The molecule has 0 spiro atoms. The predicted molar refractivity (Wildman–Crippen MR) is 82.6 cm³/mol. The zero-order chi connectivity index (χ0) is 14.6. The summed E-state index contributed by atoms with van der Waals surface area (Å²) >= 11 is 1.56. The van der Waals surface area contributed by atoms with Crippen LogP contribution in [0.15, 0.2) is 47.2 Å². The highest BCUT2D eigenvalue weighted by molar-refractivity contribution is 7.92. The summed E-state index contributed by atoms with van der Waals surface area (Å²) in [6.07, 6.45) is 4.27. The molecule has 1 aromatic carbocycles. The van der Waals surface area contributed by atoms with Gasteiger partial charge in [-0.15, -0.1) is 0 Å². The van der Waals surface area contributed by atoms with E-state index in [1.165, 1.54) is 12.1 Å². The van der Waals surface area contributed by atoms with Crippen LogP contribution < -0.4 is 4.72 Å². The highest BCUT2D eigenvalue weighted by Gasteiger charge is 2.06. The summed E-state index contributed by atoms with van der Waals surface area (Å²) in [7, 11) is -3.35. The van der Waals surface area contributed by atoms with Gasteiger partial charge < -0.3 is 0 Å². The van der Waals surface area contributed by atoms with Crippen molar-refractivity contribution in [2.45, 2.75) is 0 Å². The zero-order valence-corrected chi connectivity index (χ0v) is 12.4. The molecular weight excluding hydrogens is 294 g/mol. The van der Waals surface area contributed by atoms with E-state index in [9.17, 15) is 13.2 Å². The van der Waals surface area contributed by atoms with E-state index in [0.717, 1.165) is 11.8 Å². The number of hydrogen-bond donors (Lipinski definition) is 1. The van der Waals surface area contributed by atoms with E-state index in [2.05, 4.69) is 4.72 Å². The Morgan fingerprint density at radius 2 is 2.10 bits per heavy atom. The van der Waals surface area contributed by atoms with Crippen molar-refractivity contribution in [2.75, 3.05) is 11.0 Å². The number of hydrogen-bond acceptors (Lipinski definition) is 4. The lowest BCUT2D eigenvalue weighted by molar-refractivity contribution is 0.104. The Bertz CT molecular complexity index is 732. The molecule has 0 radical (unpaired) electrons. The summed E-state index contributed by atoms with van der Waals surface area (Å²) in [6.45, 7) is 0. The van der Waals surface area contributed by atoms with Gasteiger partial charge in [-0.25, -0.2) is 8.42 Å². The molecule has 0 amide bonds. The largest absolute Gasteiger partial charge is 0.289 e. The Labute approximate surface area is 121 Å². The Morgan fingerprint density at radius 1 is 1.30 bits per heavy atom. The van der Waals surface area contributed by atoms with Crippen molar-refractivity contribution in [3.63, 3.8) is 0 Å². The third-order valence-electron chi connectivity index (χ3n) is 2.42. The lowest BCUT2D eigenvalue weighted by atomic mass is 10.1. The van der Waals surface area contributed by atoms with Gasteiger partial charge >= 0.3 is 0 Å². The number of anilines is 1. The number of carbonyl (C=O) groups is 1. The molecule has 0 aliphatic heterocycles. The SMILES string of the molecule is CS(=O)(=O)Nc1cccc(C(=O)/C=C/c2ccsc2)c1. The fraction of sp³-hybridized carbons (Fsp3) is 0.0714. The molecule has 2 rings (SSSR count). The lowest BCUT2D eigenvalue weighted by Gasteiger charge is -2.04. The third-order valence-corrected chi connectivity index (χ3v) is 3.73. The van der Waals surface area contributed by atoms with E-state index in [1.54, 1.807) is 35.6 Å². The van der Waals surface area contributed by atoms with Crippen LogP contribution in [-0.2, 0) is 10.0 Å². The zero-order valence-electron chi connectivity index (χ0n) is 10.7. The molecule has 4 nitrogen and oxygen atoms in total. The second kappa shape index (κ2) is 6.02. The van der Waals surface area contributed by atoms with Crippen LogP contribution >= 0.6 is 11.3 Å². The van der Waals surface area contributed by atoms with Gasteiger partial charge in [0.2, 0.25) is 10.0 Å². The summed E-state index contributed by atoms with van der Waals surface area (Å²) in [5.74, 6) is -0.173. The third kappa shape index (κ3) is 4.32. The van der Waals surface area contributed by atoms with Crippen molar-refractivity contribution in [3.05, 3.63) is 58.3 Å². The van der Waals surface area contributed by atoms with E-state index >= 15 is 0 Å². The van der Waals surface area contributed by atoms with Crippen LogP contribution in [-0.4, -0.2) is 20.5 Å². The van der Waals surface area contributed by atoms with Gasteiger partial charge in [-0.05, 0) is 40.6 Å². The molecule has 1 heterocycles. The Kier molecular flexibility index (Phi) is 4.36. The standard InChI is InChI=1S/C14H13NO3S2/c1-20(17,18)15-13-4-2-3-12(9-13)14(16)6-5-11-7-8-19-10-11/h2-10,15H,1H3/b6-5+. The number of sulfonamides is 1. The Morgan fingerprint density at radius 3 is 2.75 bits per heavy atom. The number of carbonyl (C=O) groups excluding carboxylic acids is 1. The number of thiophene rings is 1. The summed E-state index contributed by atoms with van der Waals surface area (Å²) < 4.78 is 24.7. The molecule has 20 heavy (non-hydrogen) atoms. The van der Waals surface area contributed by atoms with Gasteiger partial charge in [0, 0.05) is 11.3 Å². The van der Waals surface area contributed by atoms with Gasteiger partial charge in [0.1, 0.15) is 0 Å². The van der Waals surface area contributed by atoms with Gasteiger partial charge in [0.15, 0.2) is 5.78 Å². The van der Waals surface area contributed by atoms with Crippen molar-refractivity contribution in [2.24, 2.45) is 0 Å². The van der Waals surface area contributed by atoms with Crippen molar-refractivity contribution in [1.29, 1.82) is 0 Å². The molecule has 0 fully saturated rings. The molecule has 104 valence electrons. The van der Waals surface area contributed by atoms with Crippen LogP contribution in [0.1, 0.15) is 15.9 Å². The van der Waals surface area contributed by atoms with Crippen LogP contribution in [0.25, 0.3) is 6.08 Å². The van der Waals surface area contributed by atoms with E-state index in [0.29, 0.717) is 11.3 Å². The number of benzene rings is 1. The van der Waals surface area contributed by atoms with E-state index < -0.39 is 10.0 Å². The molecule has 0 saturated carbocycles. The maximum atomic E-state index is 12.0. The van der Waals surface area contributed by atoms with Crippen molar-refractivity contribution in [1.82, 2.24) is 0 Å². The normalized spacial score (nSPS) is 11.7. The molecule has 1 aromatic heterocycles. The first-order valence-electron chi connectivity index (χ1n) is 5.76. The average Bonchev–Trinajstić information content (AvgIpc) is 2.87. The smallest absolute Gasteiger partial charge is 0.229 e. The van der Waals surface area contributed by atoms with Gasteiger partial charge in [0.05, 0.1) is 6.26 Å². The van der Waals surface area contributed by atoms with Crippen LogP contribution in [0.5, 0.6) is 0 Å². The lowest BCUT2D eigenvalue weighted by Crippen LogP contribution is -2.10. The first-order chi connectivity index (χ1) is 9.44. The summed E-state index contributed by atoms with van der Waals surface area (Å²) in [5.41, 5.74) is 1.78. The molecule has 6 heteroatoms. The topological polar surface area (TPSA) is 63.2 Å². The molecule has 0 bridgehead atoms. The maximum Gasteiger partial charge on any atom is 0.229 e. The first-order valence-corrected chi connectivity index (χ1v) is 8.60. The second-order valence-electron chi connectivity index (χ2n) is 4.21. The van der Waals surface area contributed by atoms with Gasteiger partial charge in [-0.3, -0.25) is 9.52 Å². The number of allylic oxidation sites excluding steroid dienone is 1. The summed E-state index contributed by atoms with van der Waals surface area (Å²) in [4.78, 5) is 12.0. The fourth-order valence-corrected chi connectivity index (χ4v) is 2.77. The highest BCUT2D eigenvalue weighted by atomic mass is 32.2. The minimum atomic E-state index is -3.35. The molecule has 2 aromatic rings. The van der Waals surface area contributed by atoms with Gasteiger partial charge in [0.25, 0.3) is 0 Å². The molecule has 0 saturated heterocycles. The van der Waals surface area contributed by atoms with E-state index in [-0.39, 0.29) is 5.78 Å². The second-order valence-corrected chi connectivity index (χ2v) is 6.74. The van der Waals surface area contributed by atoms with Crippen molar-refractivity contribution in [3.8, 4) is 0 Å². The maximum absolute atomic E-state index is 12.0. The van der Waals surface area contributed by atoms with Crippen molar-refractivity contribution < 1.29 is 13.2 Å². The van der Waals surface area contributed by atoms with Crippen LogP contribution in [0.2, 0.25) is 0 Å². The average molecular weight is 307 g/mol. The van der Waals surface area contributed by atoms with Crippen molar-refractivity contribution >= 4 is 38.9 Å². The van der Waals surface area contributed by atoms with Gasteiger partial charge in [-0.2, -0.15) is 11.3 Å². The quantitative estimate of drug-likeness (QED) is 0.682. The van der Waals surface area contributed by atoms with E-state index in [1.807, 2.05) is 16.8 Å². The molecule has 0 aliphatic rings. The fourth-order valence-electron chi connectivity index (χ4n) is 1.59. The van der Waals surface area contributed by atoms with Crippen LogP contribution in [0, 0.1) is 0 Å². The van der Waals surface area contributed by atoms with Crippen LogP contribution in [0.4, 0.5) is 5.69 Å². The molecular formula is C14H13NO3S2. The predicted octanol–water partition coefficient (Wildman–Crippen LogP) is 3.02. The highest BCUT2D eigenvalue weighted by Crippen LogP contribution is 2.14. The number of rotatable bonds is 5. The molecule has 0 aliphatic carbocycles. The number of nitrogens with one attached hydrogen (secondary N) is 1. The Balaban J connectivity index is 2.16. The minimum Gasteiger partial charge on any atom is -0.289 e. The first kappa shape index (κ1) is 14.5. The molecule has 0 unspecified atom stereocenters. The number of ketones is 1. The Hall–Kier alpha value is -1.92. The molecule has 0 atom stereocenters. The minimum absolute atomic E-state index is 0.173. The van der Waals surface area contributed by atoms with Gasteiger partial charge in [-0.1, -0.05) is 18.2 Å². The summed E-state index contributed by atoms with van der Waals surface area (Å²) in [6, 6.07) is 8.31. The van der Waals surface area contributed by atoms with Crippen LogP contribution in [0.3, 0.4) is 0 Å².